The molecular weight excluding hydrogens is 282 g/mol. The van der Waals surface area contributed by atoms with Gasteiger partial charge in [0.2, 0.25) is 0 Å². The smallest absolute Gasteiger partial charge is 0.338 e. The normalized spacial score (nSPS) is 13.5. The molecule has 2 heterocycles. The standard InChI is InChI=1S/C12H11N3O2S2/c1-6-14-15-12(18-6)19-10-8(11(16)17)5-7-3-2-4-9(7)13-10/h5H,2-4H2,1H3,(H,16,17). The minimum atomic E-state index is -0.939. The maximum absolute atomic E-state index is 11.3. The average molecular weight is 293 g/mol. The highest BCUT2D eigenvalue weighted by Crippen LogP contribution is 2.33. The van der Waals surface area contributed by atoms with E-state index in [4.69, 9.17) is 0 Å². The molecule has 0 atom stereocenters. The van der Waals surface area contributed by atoms with Crippen LogP contribution in [0.1, 0.15) is 33.0 Å². The molecule has 0 spiro atoms. The fourth-order valence-electron chi connectivity index (χ4n) is 2.09. The number of carboxylic acid groups (broad SMARTS) is 1. The van der Waals surface area contributed by atoms with Gasteiger partial charge in [-0.3, -0.25) is 0 Å². The third kappa shape index (κ3) is 2.48. The topological polar surface area (TPSA) is 76.0 Å². The molecule has 5 nitrogen and oxygen atoms in total. The number of aromatic nitrogens is 3. The Hall–Kier alpha value is -1.47. The fraction of sp³-hybridized carbons (Fsp3) is 0.333. The zero-order valence-corrected chi connectivity index (χ0v) is 11.8. The first kappa shape index (κ1) is 12.6. The summed E-state index contributed by atoms with van der Waals surface area (Å²) in [5, 5.41) is 18.6. The summed E-state index contributed by atoms with van der Waals surface area (Å²) in [5.74, 6) is -0.939. The number of aryl methyl sites for hydroxylation is 3. The number of hydrogen-bond acceptors (Lipinski definition) is 6. The Labute approximate surface area is 118 Å². The van der Waals surface area contributed by atoms with Crippen molar-refractivity contribution in [3.05, 3.63) is 27.9 Å². The minimum absolute atomic E-state index is 0.263. The van der Waals surface area contributed by atoms with Gasteiger partial charge in [0.1, 0.15) is 10.0 Å². The zero-order chi connectivity index (χ0) is 13.4. The van der Waals surface area contributed by atoms with E-state index in [1.54, 1.807) is 6.07 Å². The molecule has 3 rings (SSSR count). The molecule has 0 saturated carbocycles. The lowest BCUT2D eigenvalue weighted by molar-refractivity contribution is 0.0692. The number of nitrogens with zero attached hydrogens (tertiary/aromatic N) is 3. The third-order valence-corrected chi connectivity index (χ3v) is 4.83. The predicted molar refractivity (Wildman–Crippen MR) is 72.0 cm³/mol. The summed E-state index contributed by atoms with van der Waals surface area (Å²) in [5.41, 5.74) is 2.35. The van der Waals surface area contributed by atoms with E-state index in [1.807, 2.05) is 6.92 Å². The van der Waals surface area contributed by atoms with Crippen molar-refractivity contribution in [2.45, 2.75) is 35.6 Å². The molecule has 7 heteroatoms. The van der Waals surface area contributed by atoms with Gasteiger partial charge in [0.15, 0.2) is 4.34 Å². The van der Waals surface area contributed by atoms with Crippen molar-refractivity contribution in [3.8, 4) is 0 Å². The molecule has 98 valence electrons. The maximum atomic E-state index is 11.3. The summed E-state index contributed by atoms with van der Waals surface area (Å²) >= 11 is 2.73. The highest BCUT2D eigenvalue weighted by atomic mass is 32.2. The van der Waals surface area contributed by atoms with Crippen LogP contribution in [0.2, 0.25) is 0 Å². The van der Waals surface area contributed by atoms with Gasteiger partial charge in [-0.15, -0.1) is 10.2 Å². The molecule has 2 aromatic rings. The Morgan fingerprint density at radius 1 is 1.42 bits per heavy atom. The summed E-state index contributed by atoms with van der Waals surface area (Å²) in [7, 11) is 0. The maximum Gasteiger partial charge on any atom is 0.338 e. The molecule has 2 aromatic heterocycles. The molecule has 1 aliphatic carbocycles. The van der Waals surface area contributed by atoms with Crippen molar-refractivity contribution < 1.29 is 9.90 Å². The van der Waals surface area contributed by atoms with Crippen molar-refractivity contribution in [2.24, 2.45) is 0 Å². The molecule has 0 aromatic carbocycles. The second kappa shape index (κ2) is 4.90. The molecule has 0 unspecified atom stereocenters. The number of rotatable bonds is 3. The van der Waals surface area contributed by atoms with Crippen molar-refractivity contribution in [1.29, 1.82) is 0 Å². The third-order valence-electron chi connectivity index (χ3n) is 2.94. The summed E-state index contributed by atoms with van der Waals surface area (Å²) in [6.07, 6.45) is 2.90. The Kier molecular flexibility index (Phi) is 3.24. The molecule has 0 fully saturated rings. The average Bonchev–Trinajstić information content (AvgIpc) is 2.96. The molecule has 0 bridgehead atoms. The van der Waals surface area contributed by atoms with Crippen molar-refractivity contribution in [3.63, 3.8) is 0 Å². The largest absolute Gasteiger partial charge is 0.478 e. The van der Waals surface area contributed by atoms with E-state index in [2.05, 4.69) is 15.2 Å². The fourth-order valence-corrected chi connectivity index (χ4v) is 3.93. The van der Waals surface area contributed by atoms with E-state index in [0.717, 1.165) is 39.9 Å². The second-order valence-electron chi connectivity index (χ2n) is 4.29. The van der Waals surface area contributed by atoms with E-state index in [0.29, 0.717) is 5.03 Å². The van der Waals surface area contributed by atoms with Gasteiger partial charge in [-0.1, -0.05) is 11.3 Å². The van der Waals surface area contributed by atoms with Crippen LogP contribution < -0.4 is 0 Å². The second-order valence-corrected chi connectivity index (χ2v) is 6.71. The Morgan fingerprint density at radius 2 is 2.26 bits per heavy atom. The van der Waals surface area contributed by atoms with E-state index in [1.165, 1.54) is 23.1 Å². The summed E-state index contributed by atoms with van der Waals surface area (Å²) in [4.78, 5) is 15.8. The first-order valence-corrected chi connectivity index (χ1v) is 7.51. The molecule has 1 aliphatic rings. The van der Waals surface area contributed by atoms with E-state index >= 15 is 0 Å². The van der Waals surface area contributed by atoms with Crippen molar-refractivity contribution in [1.82, 2.24) is 15.2 Å². The lowest BCUT2D eigenvalue weighted by Crippen LogP contribution is -2.04. The molecule has 0 saturated heterocycles. The van der Waals surface area contributed by atoms with Gasteiger partial charge < -0.3 is 5.11 Å². The van der Waals surface area contributed by atoms with Crippen molar-refractivity contribution in [2.75, 3.05) is 0 Å². The Balaban J connectivity index is 2.01. The van der Waals surface area contributed by atoms with Gasteiger partial charge in [-0.25, -0.2) is 9.78 Å². The quantitative estimate of drug-likeness (QED) is 0.937. The van der Waals surface area contributed by atoms with Crippen LogP contribution in [0.3, 0.4) is 0 Å². The van der Waals surface area contributed by atoms with Crippen LogP contribution in [0, 0.1) is 6.92 Å². The monoisotopic (exact) mass is 293 g/mol. The highest BCUT2D eigenvalue weighted by Gasteiger charge is 2.21. The van der Waals surface area contributed by atoms with E-state index in [-0.39, 0.29) is 5.56 Å². The predicted octanol–water partition coefficient (Wildman–Crippen LogP) is 2.58. The van der Waals surface area contributed by atoms with Gasteiger partial charge in [0.05, 0.1) is 5.56 Å². The van der Waals surface area contributed by atoms with Gasteiger partial charge in [0.25, 0.3) is 0 Å². The van der Waals surface area contributed by atoms with E-state index < -0.39 is 5.97 Å². The van der Waals surface area contributed by atoms with Crippen LogP contribution in [0.15, 0.2) is 15.4 Å². The highest BCUT2D eigenvalue weighted by molar-refractivity contribution is 8.01. The van der Waals surface area contributed by atoms with Crippen LogP contribution in [-0.4, -0.2) is 26.3 Å². The number of hydrogen-bond donors (Lipinski definition) is 1. The molecule has 0 amide bonds. The van der Waals surface area contributed by atoms with Crippen molar-refractivity contribution >= 4 is 29.1 Å². The number of carboxylic acids is 1. The van der Waals surface area contributed by atoms with Crippen LogP contribution in [-0.2, 0) is 12.8 Å². The van der Waals surface area contributed by atoms with Gasteiger partial charge in [-0.05, 0) is 49.6 Å². The summed E-state index contributed by atoms with van der Waals surface area (Å²) in [6, 6.07) is 1.76. The molecular formula is C12H11N3O2S2. The number of pyridine rings is 1. The van der Waals surface area contributed by atoms with Gasteiger partial charge >= 0.3 is 5.97 Å². The molecule has 1 N–H and O–H groups in total. The molecule has 0 radical (unpaired) electrons. The summed E-state index contributed by atoms with van der Waals surface area (Å²) < 4.78 is 0.727. The number of aromatic carboxylic acids is 1. The van der Waals surface area contributed by atoms with E-state index in [9.17, 15) is 9.90 Å². The first-order valence-electron chi connectivity index (χ1n) is 5.87. The minimum Gasteiger partial charge on any atom is -0.478 e. The SMILES string of the molecule is Cc1nnc(Sc2nc3c(cc2C(=O)O)CCC3)s1. The summed E-state index contributed by atoms with van der Waals surface area (Å²) in [6.45, 7) is 1.87. The van der Waals surface area contributed by atoms with Crippen LogP contribution in [0.5, 0.6) is 0 Å². The Bertz CT molecular complexity index is 654. The molecule has 0 aliphatic heterocycles. The Morgan fingerprint density at radius 3 is 2.95 bits per heavy atom. The lowest BCUT2D eigenvalue weighted by atomic mass is 10.1. The van der Waals surface area contributed by atoms with Crippen LogP contribution in [0.4, 0.5) is 0 Å². The zero-order valence-electron chi connectivity index (χ0n) is 10.2. The lowest BCUT2D eigenvalue weighted by Gasteiger charge is -2.06. The number of fused-ring (bicyclic) bond motifs is 1. The first-order chi connectivity index (χ1) is 9.13. The van der Waals surface area contributed by atoms with Gasteiger partial charge in [-0.2, -0.15) is 0 Å². The number of carbonyl (C=O) groups is 1. The van der Waals surface area contributed by atoms with Crippen LogP contribution >= 0.6 is 23.1 Å². The molecule has 19 heavy (non-hydrogen) atoms. The van der Waals surface area contributed by atoms with Gasteiger partial charge in [0, 0.05) is 5.69 Å². The van der Waals surface area contributed by atoms with Crippen LogP contribution in [0.25, 0.3) is 0 Å².